The minimum atomic E-state index is 0.534. The second kappa shape index (κ2) is 9.04. The maximum absolute atomic E-state index is 3.73. The molecule has 20 heavy (non-hydrogen) atoms. The van der Waals surface area contributed by atoms with E-state index in [-0.39, 0.29) is 0 Å². The largest absolute Gasteiger partial charge is 0.314 e. The molecule has 0 aliphatic heterocycles. The molecule has 1 N–H and O–H groups in total. The van der Waals surface area contributed by atoms with Crippen LogP contribution in [-0.2, 0) is 0 Å². The number of rotatable bonds is 9. The molecule has 0 bridgehead atoms. The molecule has 1 unspecified atom stereocenters. The molecule has 0 saturated heterocycles. The van der Waals surface area contributed by atoms with Crippen molar-refractivity contribution in [2.24, 2.45) is 11.3 Å². The van der Waals surface area contributed by atoms with Crippen molar-refractivity contribution in [1.29, 1.82) is 0 Å². The Morgan fingerprint density at radius 1 is 1.05 bits per heavy atom. The van der Waals surface area contributed by atoms with Crippen molar-refractivity contribution in [1.82, 2.24) is 10.2 Å². The quantitative estimate of drug-likeness (QED) is 0.678. The van der Waals surface area contributed by atoms with Crippen LogP contribution in [0.4, 0.5) is 0 Å². The maximum atomic E-state index is 3.73. The first-order valence-electron chi connectivity index (χ1n) is 8.97. The van der Waals surface area contributed by atoms with Gasteiger partial charge in [0.05, 0.1) is 0 Å². The summed E-state index contributed by atoms with van der Waals surface area (Å²) in [5.74, 6) is 0.827. The summed E-state index contributed by atoms with van der Waals surface area (Å²) in [4.78, 5) is 2.71. The molecule has 0 spiro atoms. The highest BCUT2D eigenvalue weighted by atomic mass is 15.1. The molecule has 0 amide bonds. The van der Waals surface area contributed by atoms with Crippen molar-refractivity contribution in [2.45, 2.75) is 79.2 Å². The lowest BCUT2D eigenvalue weighted by Crippen LogP contribution is -2.47. The van der Waals surface area contributed by atoms with Crippen LogP contribution < -0.4 is 5.32 Å². The molecule has 1 rings (SSSR count). The van der Waals surface area contributed by atoms with E-state index >= 15 is 0 Å². The Morgan fingerprint density at radius 2 is 1.70 bits per heavy atom. The SMILES string of the molecule is CCC(C)CN(CC)CC1(CNC(C)C)CCCCC1. The minimum Gasteiger partial charge on any atom is -0.314 e. The highest BCUT2D eigenvalue weighted by Crippen LogP contribution is 2.37. The molecule has 0 heterocycles. The van der Waals surface area contributed by atoms with Gasteiger partial charge in [-0.1, -0.05) is 60.3 Å². The molecular weight excluding hydrogens is 244 g/mol. The van der Waals surface area contributed by atoms with Crippen LogP contribution in [0.1, 0.15) is 73.1 Å². The Hall–Kier alpha value is -0.0800. The van der Waals surface area contributed by atoms with E-state index in [1.807, 2.05) is 0 Å². The molecule has 1 aliphatic carbocycles. The van der Waals surface area contributed by atoms with E-state index in [2.05, 4.69) is 44.8 Å². The average molecular weight is 283 g/mol. The predicted molar refractivity (Wildman–Crippen MR) is 90.2 cm³/mol. The van der Waals surface area contributed by atoms with Gasteiger partial charge in [0.15, 0.2) is 0 Å². The van der Waals surface area contributed by atoms with E-state index in [1.165, 1.54) is 64.7 Å². The number of nitrogens with one attached hydrogen (secondary N) is 1. The Balaban J connectivity index is 2.61. The lowest BCUT2D eigenvalue weighted by atomic mass is 9.73. The molecule has 1 fully saturated rings. The first-order chi connectivity index (χ1) is 9.51. The second-order valence-corrected chi connectivity index (χ2v) is 7.44. The summed E-state index contributed by atoms with van der Waals surface area (Å²) in [6.45, 7) is 16.6. The highest BCUT2D eigenvalue weighted by molar-refractivity contribution is 4.88. The summed E-state index contributed by atoms with van der Waals surface area (Å²) in [7, 11) is 0. The first kappa shape index (κ1) is 18.0. The van der Waals surface area contributed by atoms with E-state index in [1.54, 1.807) is 0 Å². The Morgan fingerprint density at radius 3 is 2.20 bits per heavy atom. The molecule has 1 saturated carbocycles. The monoisotopic (exact) mass is 282 g/mol. The molecule has 2 heteroatoms. The second-order valence-electron chi connectivity index (χ2n) is 7.44. The van der Waals surface area contributed by atoms with Gasteiger partial charge < -0.3 is 10.2 Å². The Kier molecular flexibility index (Phi) is 8.13. The van der Waals surface area contributed by atoms with Crippen LogP contribution in [0.25, 0.3) is 0 Å². The van der Waals surface area contributed by atoms with Crippen molar-refractivity contribution in [3.63, 3.8) is 0 Å². The summed E-state index contributed by atoms with van der Waals surface area (Å²) in [5.41, 5.74) is 0.534. The van der Waals surface area contributed by atoms with Gasteiger partial charge in [-0.25, -0.2) is 0 Å². The van der Waals surface area contributed by atoms with Crippen LogP contribution in [0.15, 0.2) is 0 Å². The molecule has 1 atom stereocenters. The van der Waals surface area contributed by atoms with Gasteiger partial charge in [0, 0.05) is 25.7 Å². The fourth-order valence-corrected chi connectivity index (χ4v) is 3.46. The molecule has 0 radical (unpaired) electrons. The third kappa shape index (κ3) is 6.13. The third-order valence-electron chi connectivity index (χ3n) is 5.07. The molecule has 0 aromatic carbocycles. The zero-order chi connectivity index (χ0) is 15.0. The van der Waals surface area contributed by atoms with Gasteiger partial charge in [-0.2, -0.15) is 0 Å². The van der Waals surface area contributed by atoms with E-state index in [0.29, 0.717) is 11.5 Å². The van der Waals surface area contributed by atoms with Crippen LogP contribution in [-0.4, -0.2) is 37.1 Å². The zero-order valence-corrected chi connectivity index (χ0v) is 14.7. The Labute approximate surface area is 127 Å². The smallest absolute Gasteiger partial charge is 0.00501 e. The van der Waals surface area contributed by atoms with E-state index in [0.717, 1.165) is 5.92 Å². The fourth-order valence-electron chi connectivity index (χ4n) is 3.46. The first-order valence-corrected chi connectivity index (χ1v) is 8.97. The maximum Gasteiger partial charge on any atom is 0.00501 e. The van der Waals surface area contributed by atoms with Crippen molar-refractivity contribution < 1.29 is 0 Å². The molecule has 0 aromatic rings. The molecule has 2 nitrogen and oxygen atoms in total. The normalized spacial score (nSPS) is 20.6. The van der Waals surface area contributed by atoms with Crippen molar-refractivity contribution >= 4 is 0 Å². The summed E-state index contributed by atoms with van der Waals surface area (Å²) in [5, 5.41) is 3.73. The van der Waals surface area contributed by atoms with Crippen LogP contribution in [0.5, 0.6) is 0 Å². The van der Waals surface area contributed by atoms with Gasteiger partial charge in [0.1, 0.15) is 0 Å². The van der Waals surface area contributed by atoms with Crippen LogP contribution >= 0.6 is 0 Å². The molecule has 1 aliphatic rings. The van der Waals surface area contributed by atoms with E-state index in [9.17, 15) is 0 Å². The van der Waals surface area contributed by atoms with E-state index < -0.39 is 0 Å². The summed E-state index contributed by atoms with van der Waals surface area (Å²) < 4.78 is 0. The summed E-state index contributed by atoms with van der Waals surface area (Å²) in [6, 6.07) is 0.610. The van der Waals surface area contributed by atoms with Crippen molar-refractivity contribution in [3.05, 3.63) is 0 Å². The van der Waals surface area contributed by atoms with Gasteiger partial charge in [-0.15, -0.1) is 0 Å². The van der Waals surface area contributed by atoms with Crippen molar-refractivity contribution in [3.8, 4) is 0 Å². The third-order valence-corrected chi connectivity index (χ3v) is 5.07. The van der Waals surface area contributed by atoms with Gasteiger partial charge in [0.2, 0.25) is 0 Å². The van der Waals surface area contributed by atoms with Gasteiger partial charge in [-0.3, -0.25) is 0 Å². The van der Waals surface area contributed by atoms with Crippen LogP contribution in [0.2, 0.25) is 0 Å². The van der Waals surface area contributed by atoms with E-state index in [4.69, 9.17) is 0 Å². The number of hydrogen-bond acceptors (Lipinski definition) is 2. The molecular formula is C18H38N2. The Bertz CT molecular complexity index is 244. The van der Waals surface area contributed by atoms with Crippen molar-refractivity contribution in [2.75, 3.05) is 26.2 Å². The topological polar surface area (TPSA) is 15.3 Å². The predicted octanol–water partition coefficient (Wildman–Crippen LogP) is 4.30. The standard InChI is InChI=1S/C18H38N2/c1-6-17(5)13-20(7-2)15-18(14-19-16(3)4)11-9-8-10-12-18/h16-17,19H,6-15H2,1-5H3. The zero-order valence-electron chi connectivity index (χ0n) is 14.7. The van der Waals surface area contributed by atoms with Gasteiger partial charge in [0.25, 0.3) is 0 Å². The van der Waals surface area contributed by atoms with Crippen LogP contribution in [0, 0.1) is 11.3 Å². The fraction of sp³-hybridized carbons (Fsp3) is 1.00. The summed E-state index contributed by atoms with van der Waals surface area (Å²) in [6.07, 6.45) is 8.45. The average Bonchev–Trinajstić information content (AvgIpc) is 2.45. The lowest BCUT2D eigenvalue weighted by molar-refractivity contribution is 0.0940. The minimum absolute atomic E-state index is 0.534. The lowest BCUT2D eigenvalue weighted by Gasteiger charge is -2.42. The van der Waals surface area contributed by atoms with Gasteiger partial charge in [-0.05, 0) is 30.7 Å². The summed E-state index contributed by atoms with van der Waals surface area (Å²) >= 11 is 0. The highest BCUT2D eigenvalue weighted by Gasteiger charge is 2.33. The van der Waals surface area contributed by atoms with Crippen LogP contribution in [0.3, 0.4) is 0 Å². The molecule has 120 valence electrons. The molecule has 0 aromatic heterocycles. The van der Waals surface area contributed by atoms with Gasteiger partial charge >= 0.3 is 0 Å². The number of nitrogens with zero attached hydrogens (tertiary/aromatic N) is 1. The number of hydrogen-bond donors (Lipinski definition) is 1.